The molecule has 1 aromatic carbocycles. The second kappa shape index (κ2) is 9.29. The first-order chi connectivity index (χ1) is 9.20. The highest BCUT2D eigenvalue weighted by Crippen LogP contribution is 2.26. The van der Waals surface area contributed by atoms with Gasteiger partial charge < -0.3 is 0 Å². The molecule has 0 fully saturated rings. The molecule has 0 saturated heterocycles. The molecule has 0 saturated carbocycles. The molecule has 0 amide bonds. The van der Waals surface area contributed by atoms with Crippen molar-refractivity contribution in [3.05, 3.63) is 34.6 Å². The topological polar surface area (TPSA) is 38.0 Å². The molecule has 0 aliphatic heterocycles. The first-order valence-corrected chi connectivity index (χ1v) is 7.48. The van der Waals surface area contributed by atoms with E-state index in [1.165, 1.54) is 32.1 Å². The van der Waals surface area contributed by atoms with E-state index < -0.39 is 0 Å². The van der Waals surface area contributed by atoms with E-state index in [9.17, 15) is 4.39 Å². The maximum absolute atomic E-state index is 13.9. The van der Waals surface area contributed by atoms with E-state index in [1.807, 2.05) is 0 Å². The monoisotopic (exact) mass is 286 g/mol. The number of halogens is 2. The van der Waals surface area contributed by atoms with Crippen molar-refractivity contribution in [2.45, 2.75) is 57.9 Å². The molecule has 1 rings (SSSR count). The summed E-state index contributed by atoms with van der Waals surface area (Å²) in [6.45, 7) is 2.20. The van der Waals surface area contributed by atoms with Crippen LogP contribution in [0, 0.1) is 5.82 Å². The lowest BCUT2D eigenvalue weighted by Crippen LogP contribution is -2.28. The Morgan fingerprint density at radius 1 is 1.21 bits per heavy atom. The third kappa shape index (κ3) is 5.47. The number of nitrogens with two attached hydrogens (primary N) is 1. The average molecular weight is 287 g/mol. The fourth-order valence-corrected chi connectivity index (χ4v) is 2.43. The van der Waals surface area contributed by atoms with Crippen molar-refractivity contribution in [1.82, 2.24) is 5.43 Å². The van der Waals surface area contributed by atoms with E-state index >= 15 is 0 Å². The smallest absolute Gasteiger partial charge is 0.146 e. The number of unbranched alkanes of at least 4 members (excludes halogenated alkanes) is 5. The first kappa shape index (κ1) is 16.4. The highest BCUT2D eigenvalue weighted by molar-refractivity contribution is 6.30. The zero-order valence-electron chi connectivity index (χ0n) is 11.6. The normalized spacial score (nSPS) is 12.6. The minimum absolute atomic E-state index is 0.153. The molecule has 2 nitrogen and oxygen atoms in total. The van der Waals surface area contributed by atoms with Gasteiger partial charge in [-0.15, -0.1) is 0 Å². The summed E-state index contributed by atoms with van der Waals surface area (Å²) in [5, 5.41) is 0.153. The van der Waals surface area contributed by atoms with E-state index in [2.05, 4.69) is 12.3 Å². The molecule has 1 unspecified atom stereocenters. The molecule has 0 aliphatic rings. The van der Waals surface area contributed by atoms with Gasteiger partial charge in [-0.1, -0.05) is 69.2 Å². The van der Waals surface area contributed by atoms with Crippen molar-refractivity contribution in [3.8, 4) is 0 Å². The van der Waals surface area contributed by atoms with Crippen LogP contribution in [0.1, 0.15) is 63.5 Å². The highest BCUT2D eigenvalue weighted by atomic mass is 35.5. The molecule has 1 atom stereocenters. The molecule has 4 heteroatoms. The molecule has 0 radical (unpaired) electrons. The summed E-state index contributed by atoms with van der Waals surface area (Å²) >= 11 is 5.79. The zero-order chi connectivity index (χ0) is 14.1. The fraction of sp³-hybridized carbons (Fsp3) is 0.600. The Morgan fingerprint density at radius 3 is 2.58 bits per heavy atom. The van der Waals surface area contributed by atoms with Crippen LogP contribution in [0.3, 0.4) is 0 Å². The summed E-state index contributed by atoms with van der Waals surface area (Å²) < 4.78 is 13.9. The second-order valence-electron chi connectivity index (χ2n) is 4.92. The van der Waals surface area contributed by atoms with E-state index in [0.29, 0.717) is 5.56 Å². The molecular formula is C15H24ClFN2. The van der Waals surface area contributed by atoms with Crippen molar-refractivity contribution in [1.29, 1.82) is 0 Å². The Labute approximate surface area is 120 Å². The summed E-state index contributed by atoms with van der Waals surface area (Å²) in [5.74, 6) is 5.16. The van der Waals surface area contributed by atoms with Gasteiger partial charge in [0.25, 0.3) is 0 Å². The van der Waals surface area contributed by atoms with Crippen molar-refractivity contribution in [2.24, 2.45) is 5.84 Å². The van der Waals surface area contributed by atoms with Crippen molar-refractivity contribution in [2.75, 3.05) is 0 Å². The largest absolute Gasteiger partial charge is 0.271 e. The summed E-state index contributed by atoms with van der Waals surface area (Å²) in [7, 11) is 0. The van der Waals surface area contributed by atoms with Crippen LogP contribution in [0.5, 0.6) is 0 Å². The van der Waals surface area contributed by atoms with Gasteiger partial charge in [-0.2, -0.15) is 0 Å². The number of nitrogens with one attached hydrogen (secondary N) is 1. The van der Waals surface area contributed by atoms with Gasteiger partial charge in [-0.05, 0) is 12.5 Å². The van der Waals surface area contributed by atoms with E-state index in [0.717, 1.165) is 12.8 Å². The number of hydrogen-bond donors (Lipinski definition) is 2. The predicted octanol–water partition coefficient (Wildman–Crippen LogP) is 4.73. The molecule has 0 bridgehead atoms. The van der Waals surface area contributed by atoms with Gasteiger partial charge in [0.05, 0.1) is 5.02 Å². The number of rotatable bonds is 9. The van der Waals surface area contributed by atoms with E-state index in [-0.39, 0.29) is 16.9 Å². The van der Waals surface area contributed by atoms with Crippen LogP contribution in [0.2, 0.25) is 5.02 Å². The van der Waals surface area contributed by atoms with Crippen LogP contribution >= 0.6 is 11.6 Å². The summed E-state index contributed by atoms with van der Waals surface area (Å²) in [4.78, 5) is 0. The Morgan fingerprint density at radius 2 is 1.89 bits per heavy atom. The van der Waals surface area contributed by atoms with Crippen LogP contribution < -0.4 is 11.3 Å². The average Bonchev–Trinajstić information content (AvgIpc) is 2.42. The standard InChI is InChI=1S/C15H24ClFN2/c1-2-3-4-5-6-7-11-14(19-18)12-9-8-10-13(16)15(12)17/h8-10,14,19H,2-7,11,18H2,1H3. The Hall–Kier alpha value is -0.640. The van der Waals surface area contributed by atoms with Crippen LogP contribution in [0.15, 0.2) is 18.2 Å². The lowest BCUT2D eigenvalue weighted by Gasteiger charge is -2.17. The van der Waals surface area contributed by atoms with Gasteiger partial charge in [0.15, 0.2) is 0 Å². The number of benzene rings is 1. The maximum Gasteiger partial charge on any atom is 0.146 e. The van der Waals surface area contributed by atoms with E-state index in [1.54, 1.807) is 18.2 Å². The van der Waals surface area contributed by atoms with Crippen molar-refractivity contribution in [3.63, 3.8) is 0 Å². The fourth-order valence-electron chi connectivity index (χ4n) is 2.25. The van der Waals surface area contributed by atoms with Crippen molar-refractivity contribution >= 4 is 11.6 Å². The molecule has 108 valence electrons. The maximum atomic E-state index is 13.9. The lowest BCUT2D eigenvalue weighted by atomic mass is 9.99. The first-order valence-electron chi connectivity index (χ1n) is 7.10. The van der Waals surface area contributed by atoms with Crippen molar-refractivity contribution < 1.29 is 4.39 Å². The van der Waals surface area contributed by atoms with Gasteiger partial charge in [0.2, 0.25) is 0 Å². The minimum atomic E-state index is -0.363. The highest BCUT2D eigenvalue weighted by Gasteiger charge is 2.15. The van der Waals surface area contributed by atoms with Gasteiger partial charge in [0.1, 0.15) is 5.82 Å². The van der Waals surface area contributed by atoms with Gasteiger partial charge in [0, 0.05) is 11.6 Å². The van der Waals surface area contributed by atoms with E-state index in [4.69, 9.17) is 17.4 Å². The second-order valence-corrected chi connectivity index (χ2v) is 5.33. The summed E-state index contributed by atoms with van der Waals surface area (Å²) in [6.07, 6.45) is 8.11. The molecule has 0 heterocycles. The summed E-state index contributed by atoms with van der Waals surface area (Å²) in [6, 6.07) is 4.89. The predicted molar refractivity (Wildman–Crippen MR) is 79.5 cm³/mol. The quantitative estimate of drug-likeness (QED) is 0.391. The van der Waals surface area contributed by atoms with Crippen LogP contribution in [0.4, 0.5) is 4.39 Å². The molecule has 3 N–H and O–H groups in total. The Kier molecular flexibility index (Phi) is 8.03. The minimum Gasteiger partial charge on any atom is -0.271 e. The SMILES string of the molecule is CCCCCCCCC(NN)c1cccc(Cl)c1F. The Bertz CT molecular complexity index is 371. The zero-order valence-corrected chi connectivity index (χ0v) is 12.3. The molecule has 19 heavy (non-hydrogen) atoms. The third-order valence-electron chi connectivity index (χ3n) is 3.40. The number of hydrazine groups is 1. The van der Waals surface area contributed by atoms with Gasteiger partial charge in [-0.25, -0.2) is 4.39 Å². The van der Waals surface area contributed by atoms with Gasteiger partial charge >= 0.3 is 0 Å². The number of hydrogen-bond acceptors (Lipinski definition) is 2. The lowest BCUT2D eigenvalue weighted by molar-refractivity contribution is 0.457. The van der Waals surface area contributed by atoms with Gasteiger partial charge in [-0.3, -0.25) is 11.3 Å². The van der Waals surface area contributed by atoms with Crippen LogP contribution in [-0.2, 0) is 0 Å². The molecule has 0 aliphatic carbocycles. The molecule has 1 aromatic rings. The Balaban J connectivity index is 2.43. The summed E-state index contributed by atoms with van der Waals surface area (Å²) in [5.41, 5.74) is 3.25. The third-order valence-corrected chi connectivity index (χ3v) is 3.70. The van der Waals surface area contributed by atoms with Crippen LogP contribution in [-0.4, -0.2) is 0 Å². The van der Waals surface area contributed by atoms with Crippen LogP contribution in [0.25, 0.3) is 0 Å². The molecule has 0 spiro atoms. The molecule has 0 aromatic heterocycles. The molecular weight excluding hydrogens is 263 g/mol.